The summed E-state index contributed by atoms with van der Waals surface area (Å²) in [5.41, 5.74) is -0.402. The fourth-order valence-corrected chi connectivity index (χ4v) is 4.32. The standard InChI is InChI=1S/C23H25F3N6O/c1-6-22(4)20(33)30(5)17-13-28-21(29-19(17)32(22)14(2)3)31-12-11-27-18(31)15-7-9-16(10-8-15)23(24,25)26/h7-14H,6H2,1-5H3/t22-/m1/s1. The third-order valence-corrected chi connectivity index (χ3v) is 6.16. The normalized spacial score (nSPS) is 18.8. The van der Waals surface area contributed by atoms with Gasteiger partial charge in [-0.1, -0.05) is 19.1 Å². The van der Waals surface area contributed by atoms with E-state index in [-0.39, 0.29) is 11.9 Å². The van der Waals surface area contributed by atoms with Crippen LogP contribution >= 0.6 is 0 Å². The van der Waals surface area contributed by atoms with Gasteiger partial charge >= 0.3 is 6.18 Å². The lowest BCUT2D eigenvalue weighted by molar-refractivity contribution is -0.137. The summed E-state index contributed by atoms with van der Waals surface area (Å²) in [6.07, 6.45) is 0.976. The molecule has 0 N–H and O–H groups in total. The first-order valence-corrected chi connectivity index (χ1v) is 10.6. The highest BCUT2D eigenvalue weighted by Crippen LogP contribution is 2.41. The maximum absolute atomic E-state index is 13.1. The molecular weight excluding hydrogens is 433 g/mol. The maximum atomic E-state index is 13.1. The molecule has 10 heteroatoms. The van der Waals surface area contributed by atoms with Gasteiger partial charge in [0.1, 0.15) is 17.1 Å². The Morgan fingerprint density at radius 1 is 1.12 bits per heavy atom. The third kappa shape index (κ3) is 3.63. The first-order chi connectivity index (χ1) is 15.5. The van der Waals surface area contributed by atoms with Gasteiger partial charge in [-0.3, -0.25) is 9.36 Å². The van der Waals surface area contributed by atoms with Gasteiger partial charge in [-0.15, -0.1) is 0 Å². The largest absolute Gasteiger partial charge is 0.416 e. The Balaban J connectivity index is 1.82. The monoisotopic (exact) mass is 458 g/mol. The summed E-state index contributed by atoms with van der Waals surface area (Å²) in [6.45, 7) is 7.88. The predicted molar refractivity (Wildman–Crippen MR) is 119 cm³/mol. The second kappa shape index (κ2) is 7.86. The number of hydrogen-bond donors (Lipinski definition) is 0. The highest BCUT2D eigenvalue weighted by atomic mass is 19.4. The van der Waals surface area contributed by atoms with E-state index in [4.69, 9.17) is 4.98 Å². The molecular formula is C23H25F3N6O. The minimum absolute atomic E-state index is 0.00808. The van der Waals surface area contributed by atoms with Crippen LogP contribution in [0.25, 0.3) is 17.3 Å². The van der Waals surface area contributed by atoms with E-state index >= 15 is 0 Å². The zero-order valence-electron chi connectivity index (χ0n) is 19.1. The Bertz CT molecular complexity index is 1190. The van der Waals surface area contributed by atoms with Crippen LogP contribution in [0.2, 0.25) is 0 Å². The van der Waals surface area contributed by atoms with Crippen molar-refractivity contribution in [3.05, 3.63) is 48.4 Å². The molecule has 1 atom stereocenters. The molecule has 4 rings (SSSR count). The summed E-state index contributed by atoms with van der Waals surface area (Å²) >= 11 is 0. The highest BCUT2D eigenvalue weighted by Gasteiger charge is 2.47. The zero-order chi connectivity index (χ0) is 24.1. The number of imidazole rings is 1. The van der Waals surface area contributed by atoms with E-state index in [0.29, 0.717) is 35.3 Å². The Hall–Kier alpha value is -3.43. The summed E-state index contributed by atoms with van der Waals surface area (Å²) in [7, 11) is 1.71. The van der Waals surface area contributed by atoms with Crippen molar-refractivity contribution in [1.82, 2.24) is 19.5 Å². The van der Waals surface area contributed by atoms with E-state index < -0.39 is 17.3 Å². The smallest absolute Gasteiger partial charge is 0.338 e. The van der Waals surface area contributed by atoms with Gasteiger partial charge in [0.05, 0.1) is 11.8 Å². The third-order valence-electron chi connectivity index (χ3n) is 6.16. The SMILES string of the molecule is CC[C@]1(C)C(=O)N(C)c2cnc(-n3ccnc3-c3ccc(C(F)(F)F)cc3)nc2N1C(C)C. The van der Waals surface area contributed by atoms with Crippen LogP contribution in [0.5, 0.6) is 0 Å². The molecule has 0 radical (unpaired) electrons. The van der Waals surface area contributed by atoms with Gasteiger partial charge in [-0.05, 0) is 39.3 Å². The number of amides is 1. The Kier molecular flexibility index (Phi) is 5.42. The Morgan fingerprint density at radius 3 is 2.36 bits per heavy atom. The molecule has 1 aliphatic heterocycles. The molecule has 174 valence electrons. The molecule has 0 unspecified atom stereocenters. The Morgan fingerprint density at radius 2 is 1.79 bits per heavy atom. The number of likely N-dealkylation sites (N-methyl/N-ethyl adjacent to an activating group) is 1. The topological polar surface area (TPSA) is 67.2 Å². The minimum atomic E-state index is -4.41. The molecule has 0 bridgehead atoms. The van der Waals surface area contributed by atoms with Crippen LogP contribution < -0.4 is 9.80 Å². The zero-order valence-corrected chi connectivity index (χ0v) is 19.1. The van der Waals surface area contributed by atoms with Crippen molar-refractivity contribution in [2.45, 2.75) is 51.9 Å². The van der Waals surface area contributed by atoms with Crippen LogP contribution in [0.4, 0.5) is 24.7 Å². The summed E-state index contributed by atoms with van der Waals surface area (Å²) in [6, 6.07) is 4.79. The maximum Gasteiger partial charge on any atom is 0.416 e. The number of carbonyl (C=O) groups excluding carboxylic acids is 1. The van der Waals surface area contributed by atoms with Gasteiger partial charge in [0.15, 0.2) is 5.82 Å². The number of benzene rings is 1. The molecule has 0 fully saturated rings. The number of aromatic nitrogens is 4. The number of rotatable bonds is 4. The quantitative estimate of drug-likeness (QED) is 0.567. The second-order valence-electron chi connectivity index (χ2n) is 8.53. The van der Waals surface area contributed by atoms with Crippen molar-refractivity contribution < 1.29 is 18.0 Å². The second-order valence-corrected chi connectivity index (χ2v) is 8.53. The van der Waals surface area contributed by atoms with Crippen molar-refractivity contribution >= 4 is 17.4 Å². The first kappa shape index (κ1) is 22.8. The van der Waals surface area contributed by atoms with E-state index in [1.165, 1.54) is 12.1 Å². The minimum Gasteiger partial charge on any atom is -0.338 e. The molecule has 0 saturated heterocycles. The molecule has 3 aromatic rings. The molecule has 0 saturated carbocycles. The average molecular weight is 458 g/mol. The van der Waals surface area contributed by atoms with E-state index in [2.05, 4.69) is 9.97 Å². The van der Waals surface area contributed by atoms with E-state index in [1.807, 2.05) is 32.6 Å². The number of nitrogens with zero attached hydrogens (tertiary/aromatic N) is 6. The number of anilines is 2. The fraction of sp³-hybridized carbons (Fsp3) is 0.391. The van der Waals surface area contributed by atoms with E-state index in [9.17, 15) is 18.0 Å². The van der Waals surface area contributed by atoms with Crippen molar-refractivity contribution in [2.24, 2.45) is 0 Å². The van der Waals surface area contributed by atoms with Crippen LogP contribution in [0, 0.1) is 0 Å². The molecule has 0 aliphatic carbocycles. The molecule has 1 amide bonds. The lowest BCUT2D eigenvalue weighted by atomic mass is 9.90. The fourth-order valence-electron chi connectivity index (χ4n) is 4.32. The number of carbonyl (C=O) groups is 1. The molecule has 33 heavy (non-hydrogen) atoms. The van der Waals surface area contributed by atoms with Crippen molar-refractivity contribution in [3.8, 4) is 17.3 Å². The molecule has 3 heterocycles. The van der Waals surface area contributed by atoms with Crippen molar-refractivity contribution in [1.29, 1.82) is 0 Å². The lowest BCUT2D eigenvalue weighted by Gasteiger charge is -2.49. The van der Waals surface area contributed by atoms with Gasteiger partial charge in [0.2, 0.25) is 5.95 Å². The van der Waals surface area contributed by atoms with Crippen LogP contribution in [-0.2, 0) is 11.0 Å². The van der Waals surface area contributed by atoms with Crippen LogP contribution in [0.15, 0.2) is 42.9 Å². The summed E-state index contributed by atoms with van der Waals surface area (Å²) in [5.74, 6) is 1.32. The Labute approximate surface area is 189 Å². The highest BCUT2D eigenvalue weighted by molar-refractivity contribution is 6.07. The molecule has 1 aromatic carbocycles. The molecule has 0 spiro atoms. The summed E-state index contributed by atoms with van der Waals surface area (Å²) in [5, 5.41) is 0. The van der Waals surface area contributed by atoms with Gasteiger partial charge in [-0.25, -0.2) is 9.97 Å². The first-order valence-electron chi connectivity index (χ1n) is 10.6. The van der Waals surface area contributed by atoms with Crippen molar-refractivity contribution in [3.63, 3.8) is 0 Å². The lowest BCUT2D eigenvalue weighted by Crippen LogP contribution is -2.63. The summed E-state index contributed by atoms with van der Waals surface area (Å²) in [4.78, 5) is 30.3. The van der Waals surface area contributed by atoms with E-state index in [1.54, 1.807) is 35.1 Å². The van der Waals surface area contributed by atoms with Crippen LogP contribution in [0.1, 0.15) is 39.7 Å². The van der Waals surface area contributed by atoms with Crippen LogP contribution in [-0.4, -0.2) is 44.1 Å². The van der Waals surface area contributed by atoms with Gasteiger partial charge < -0.3 is 9.80 Å². The summed E-state index contributed by atoms with van der Waals surface area (Å²) < 4.78 is 40.5. The number of fused-ring (bicyclic) bond motifs is 1. The van der Waals surface area contributed by atoms with Crippen molar-refractivity contribution in [2.75, 3.05) is 16.8 Å². The predicted octanol–water partition coefficient (Wildman–Crippen LogP) is 4.71. The average Bonchev–Trinajstić information content (AvgIpc) is 3.26. The van der Waals surface area contributed by atoms with Gasteiger partial charge in [-0.2, -0.15) is 18.2 Å². The van der Waals surface area contributed by atoms with Gasteiger partial charge in [0, 0.05) is 31.0 Å². The number of halogens is 3. The van der Waals surface area contributed by atoms with E-state index in [0.717, 1.165) is 12.1 Å². The van der Waals surface area contributed by atoms with Gasteiger partial charge in [0.25, 0.3) is 5.91 Å². The number of alkyl halides is 3. The molecule has 1 aliphatic rings. The molecule has 7 nitrogen and oxygen atoms in total. The van der Waals surface area contributed by atoms with Crippen LogP contribution in [0.3, 0.4) is 0 Å². The number of hydrogen-bond acceptors (Lipinski definition) is 5. The molecule has 2 aromatic heterocycles.